The molecule has 2 fully saturated rings. The molecule has 8 nitrogen and oxygen atoms in total. The Labute approximate surface area is 202 Å². The van der Waals surface area contributed by atoms with Crippen LogP contribution in [0.3, 0.4) is 0 Å². The van der Waals surface area contributed by atoms with Crippen molar-refractivity contribution < 1.29 is 24.2 Å². The summed E-state index contributed by atoms with van der Waals surface area (Å²) in [6, 6.07) is -1.49. The van der Waals surface area contributed by atoms with E-state index in [4.69, 9.17) is 4.74 Å². The second kappa shape index (κ2) is 8.19. The Kier molecular flexibility index (Phi) is 6.00. The highest BCUT2D eigenvalue weighted by molar-refractivity contribution is 6.00. The van der Waals surface area contributed by atoms with Crippen molar-refractivity contribution in [1.82, 2.24) is 14.7 Å². The third-order valence-corrected chi connectivity index (χ3v) is 7.85. The van der Waals surface area contributed by atoms with Gasteiger partial charge in [-0.2, -0.15) is 0 Å². The van der Waals surface area contributed by atoms with Gasteiger partial charge in [-0.15, -0.1) is 0 Å². The van der Waals surface area contributed by atoms with Crippen LogP contribution < -0.4 is 0 Å². The molecule has 4 heterocycles. The van der Waals surface area contributed by atoms with Gasteiger partial charge in [0.2, 0.25) is 17.7 Å². The number of likely N-dealkylation sites (tertiary alicyclic amines) is 1. The minimum absolute atomic E-state index is 0.162. The monoisotopic (exact) mass is 473 g/mol. The second-order valence-corrected chi connectivity index (χ2v) is 11.9. The van der Waals surface area contributed by atoms with Crippen molar-refractivity contribution in [3.05, 3.63) is 24.3 Å². The van der Waals surface area contributed by atoms with Crippen molar-refractivity contribution in [2.75, 3.05) is 26.7 Å². The first-order chi connectivity index (χ1) is 15.8. The summed E-state index contributed by atoms with van der Waals surface area (Å²) in [5, 5.41) is 10.3. The van der Waals surface area contributed by atoms with Crippen LogP contribution in [0.15, 0.2) is 24.3 Å². The molecule has 6 atom stereocenters. The molecule has 0 aliphatic carbocycles. The number of ether oxygens (including phenoxy) is 1. The molecule has 0 bridgehead atoms. The predicted octanol–water partition coefficient (Wildman–Crippen LogP) is 1.59. The van der Waals surface area contributed by atoms with E-state index in [0.29, 0.717) is 19.5 Å². The smallest absolute Gasteiger partial charge is 0.249 e. The minimum atomic E-state index is -1.28. The first kappa shape index (κ1) is 24.9. The molecular weight excluding hydrogens is 434 g/mol. The summed E-state index contributed by atoms with van der Waals surface area (Å²) in [4.78, 5) is 47.0. The molecule has 3 amide bonds. The molecule has 8 heteroatoms. The number of fused-ring (bicyclic) bond motifs is 2. The van der Waals surface area contributed by atoms with Gasteiger partial charge in [-0.1, -0.05) is 38.2 Å². The Morgan fingerprint density at radius 1 is 1.06 bits per heavy atom. The first-order valence-electron chi connectivity index (χ1n) is 12.3. The average molecular weight is 474 g/mol. The lowest BCUT2D eigenvalue weighted by atomic mass is 9.74. The molecular formula is C26H39N3O5. The summed E-state index contributed by atoms with van der Waals surface area (Å²) in [6.07, 6.45) is 8.07. The van der Waals surface area contributed by atoms with Crippen molar-refractivity contribution in [2.24, 2.45) is 17.8 Å². The van der Waals surface area contributed by atoms with E-state index in [9.17, 15) is 19.5 Å². The standard InChI is InChI=1S/C26H39N3O5/c1-16(2)14-17(15-30)29-20-23(33)28(24(3,4)5)13-9-11-26(20)19(22(29)32)18-21(31)27(7)12-8-10-25(18,6)34-26/h8-11,16-20,30H,12-15H2,1-7H3/t17-,18+,19+,20?,25-,26+/m1/s1. The molecule has 0 saturated carbocycles. The van der Waals surface area contributed by atoms with Crippen molar-refractivity contribution in [3.8, 4) is 0 Å². The summed E-state index contributed by atoms with van der Waals surface area (Å²) in [5.74, 6) is -2.05. The van der Waals surface area contributed by atoms with Gasteiger partial charge in [-0.25, -0.2) is 0 Å². The number of likely N-dealkylation sites (N-methyl/N-ethyl adjacent to an activating group) is 1. The molecule has 2 saturated heterocycles. The van der Waals surface area contributed by atoms with Crippen molar-refractivity contribution in [2.45, 2.75) is 76.8 Å². The van der Waals surface area contributed by atoms with Gasteiger partial charge in [-0.05, 0) is 40.0 Å². The van der Waals surface area contributed by atoms with Gasteiger partial charge in [-0.3, -0.25) is 14.4 Å². The largest absolute Gasteiger partial charge is 0.394 e. The van der Waals surface area contributed by atoms with Crippen LogP contribution in [0.25, 0.3) is 0 Å². The lowest BCUT2D eigenvalue weighted by molar-refractivity contribution is -0.158. The Bertz CT molecular complexity index is 937. The van der Waals surface area contributed by atoms with E-state index in [2.05, 4.69) is 0 Å². The highest BCUT2D eigenvalue weighted by atomic mass is 16.5. The van der Waals surface area contributed by atoms with E-state index in [1.54, 1.807) is 21.7 Å². The maximum Gasteiger partial charge on any atom is 0.249 e. The number of carbonyl (C=O) groups excluding carboxylic acids is 3. The number of nitrogens with zero attached hydrogens (tertiary/aromatic N) is 3. The topological polar surface area (TPSA) is 90.4 Å². The Balaban J connectivity index is 1.92. The lowest BCUT2D eigenvalue weighted by Crippen LogP contribution is -2.61. The zero-order valence-corrected chi connectivity index (χ0v) is 21.4. The van der Waals surface area contributed by atoms with Crippen LogP contribution in [0.2, 0.25) is 0 Å². The van der Waals surface area contributed by atoms with Gasteiger partial charge in [0.1, 0.15) is 11.6 Å². The molecule has 34 heavy (non-hydrogen) atoms. The molecule has 188 valence electrons. The average Bonchev–Trinajstić information content (AvgIpc) is 3.00. The fourth-order valence-electron chi connectivity index (χ4n) is 6.40. The number of aliphatic hydroxyl groups is 1. The Morgan fingerprint density at radius 3 is 2.29 bits per heavy atom. The maximum atomic E-state index is 14.2. The van der Waals surface area contributed by atoms with Crippen LogP contribution in [0.1, 0.15) is 48.0 Å². The van der Waals surface area contributed by atoms with Crippen LogP contribution >= 0.6 is 0 Å². The number of aliphatic hydroxyl groups excluding tert-OH is 1. The van der Waals surface area contributed by atoms with Crippen molar-refractivity contribution in [1.29, 1.82) is 0 Å². The SMILES string of the molecule is CC(C)C[C@H](CO)N1C(=O)[C@@H]2[C@H]3C(=O)N(C)CC=C[C@@]3(C)O[C@@]23C=CCN(C(C)(C)C)C(=O)C13. The molecule has 1 spiro atoms. The molecule has 4 aliphatic rings. The number of amides is 3. The number of rotatable bonds is 4. The molecule has 4 aliphatic heterocycles. The lowest BCUT2D eigenvalue weighted by Gasteiger charge is -2.43. The van der Waals surface area contributed by atoms with Crippen LogP contribution in [0, 0.1) is 17.8 Å². The Morgan fingerprint density at radius 2 is 1.71 bits per heavy atom. The molecule has 0 aromatic heterocycles. The fourth-order valence-corrected chi connectivity index (χ4v) is 6.40. The van der Waals surface area contributed by atoms with Gasteiger partial charge in [0.25, 0.3) is 0 Å². The van der Waals surface area contributed by atoms with E-state index in [1.165, 1.54) is 0 Å². The summed E-state index contributed by atoms with van der Waals surface area (Å²) in [5.41, 5.74) is -2.77. The summed E-state index contributed by atoms with van der Waals surface area (Å²) < 4.78 is 6.77. The van der Waals surface area contributed by atoms with Gasteiger partial charge in [0, 0.05) is 25.7 Å². The minimum Gasteiger partial charge on any atom is -0.394 e. The van der Waals surface area contributed by atoms with Crippen LogP contribution in [-0.4, -0.2) is 93.1 Å². The van der Waals surface area contributed by atoms with Gasteiger partial charge in [0.05, 0.1) is 30.1 Å². The highest BCUT2D eigenvalue weighted by Crippen LogP contribution is 2.58. The molecule has 0 aromatic carbocycles. The molecule has 0 radical (unpaired) electrons. The quantitative estimate of drug-likeness (QED) is 0.627. The molecule has 0 aromatic rings. The zero-order chi connectivity index (χ0) is 25.2. The molecule has 4 rings (SSSR count). The summed E-state index contributed by atoms with van der Waals surface area (Å²) in [7, 11) is 1.72. The predicted molar refractivity (Wildman–Crippen MR) is 128 cm³/mol. The van der Waals surface area contributed by atoms with Crippen LogP contribution in [0.4, 0.5) is 0 Å². The van der Waals surface area contributed by atoms with Gasteiger partial charge in [0.15, 0.2) is 0 Å². The van der Waals surface area contributed by atoms with Crippen LogP contribution in [-0.2, 0) is 19.1 Å². The first-order valence-corrected chi connectivity index (χ1v) is 12.3. The van der Waals surface area contributed by atoms with E-state index >= 15 is 0 Å². The number of hydrogen-bond donors (Lipinski definition) is 1. The summed E-state index contributed by atoms with van der Waals surface area (Å²) >= 11 is 0. The summed E-state index contributed by atoms with van der Waals surface area (Å²) in [6.45, 7) is 12.4. The maximum absolute atomic E-state index is 14.2. The van der Waals surface area contributed by atoms with Gasteiger partial charge >= 0.3 is 0 Å². The number of carbonyl (C=O) groups is 3. The second-order valence-electron chi connectivity index (χ2n) is 11.9. The third-order valence-electron chi connectivity index (χ3n) is 7.85. The highest BCUT2D eigenvalue weighted by Gasteiger charge is 2.75. The fraction of sp³-hybridized carbons (Fsp3) is 0.731. The van der Waals surface area contributed by atoms with E-state index in [0.717, 1.165) is 0 Å². The molecule has 1 unspecified atom stereocenters. The van der Waals surface area contributed by atoms with Crippen LogP contribution in [0.5, 0.6) is 0 Å². The van der Waals surface area contributed by atoms with E-state index in [-0.39, 0.29) is 30.2 Å². The molecule has 1 N–H and O–H groups in total. The Hall–Kier alpha value is -2.19. The third kappa shape index (κ3) is 3.52. The normalized spacial score (nSPS) is 36.6. The number of hydrogen-bond acceptors (Lipinski definition) is 5. The van der Waals surface area contributed by atoms with Crippen molar-refractivity contribution in [3.63, 3.8) is 0 Å². The zero-order valence-electron chi connectivity index (χ0n) is 21.4. The van der Waals surface area contributed by atoms with E-state index < -0.39 is 40.7 Å². The van der Waals surface area contributed by atoms with E-state index in [1.807, 2.05) is 65.8 Å². The van der Waals surface area contributed by atoms with Crippen molar-refractivity contribution >= 4 is 17.7 Å². The van der Waals surface area contributed by atoms with Gasteiger partial charge < -0.3 is 24.5 Å².